The van der Waals surface area contributed by atoms with Gasteiger partial charge in [-0.1, -0.05) is 28.1 Å². The summed E-state index contributed by atoms with van der Waals surface area (Å²) in [5, 5.41) is 4.26. The first kappa shape index (κ1) is 11.8. The summed E-state index contributed by atoms with van der Waals surface area (Å²) in [5.41, 5.74) is 2.27. The highest BCUT2D eigenvalue weighted by molar-refractivity contribution is 9.10. The Balaban J connectivity index is 2.40. The topological polar surface area (TPSA) is 24.9 Å². The van der Waals surface area contributed by atoms with E-state index in [4.69, 9.17) is 0 Å². The number of hydrogen-bond acceptors (Lipinski definition) is 3. The fourth-order valence-electron chi connectivity index (χ4n) is 1.58. The van der Waals surface area contributed by atoms with Crippen molar-refractivity contribution < 1.29 is 0 Å². The van der Waals surface area contributed by atoms with E-state index in [0.717, 1.165) is 21.7 Å². The number of benzene rings is 1. The first-order chi connectivity index (χ1) is 7.70. The summed E-state index contributed by atoms with van der Waals surface area (Å²) in [5.74, 6) is 0. The van der Waals surface area contributed by atoms with E-state index in [0.29, 0.717) is 0 Å². The predicted molar refractivity (Wildman–Crippen MR) is 72.8 cm³/mol. The fraction of sp³-hybridized carbons (Fsp3) is 0.250. The second-order valence-corrected chi connectivity index (χ2v) is 5.76. The number of nitrogens with zero attached hydrogens (tertiary/aromatic N) is 1. The standard InChI is InChI=1S/C12H13BrN2S/c1-8-12(15-11(16-8)7-14-2)9-4-3-5-10(13)6-9/h3-6,14H,7H2,1-2H3. The third-order valence-corrected chi connectivity index (χ3v) is 3.73. The molecule has 4 heteroatoms. The molecule has 2 rings (SSSR count). The molecule has 0 unspecified atom stereocenters. The normalized spacial score (nSPS) is 10.7. The molecule has 1 N–H and O–H groups in total. The van der Waals surface area contributed by atoms with Crippen LogP contribution in [-0.2, 0) is 6.54 Å². The maximum absolute atomic E-state index is 4.65. The van der Waals surface area contributed by atoms with Crippen LogP contribution >= 0.6 is 27.3 Å². The highest BCUT2D eigenvalue weighted by atomic mass is 79.9. The molecule has 1 aromatic heterocycles. The highest BCUT2D eigenvalue weighted by Gasteiger charge is 2.09. The average Bonchev–Trinajstić information content (AvgIpc) is 2.60. The Morgan fingerprint density at radius 1 is 1.44 bits per heavy atom. The lowest BCUT2D eigenvalue weighted by Crippen LogP contribution is -2.04. The number of nitrogens with one attached hydrogen (secondary N) is 1. The van der Waals surface area contributed by atoms with E-state index >= 15 is 0 Å². The number of aromatic nitrogens is 1. The summed E-state index contributed by atoms with van der Waals surface area (Å²) < 4.78 is 1.09. The number of hydrogen-bond donors (Lipinski definition) is 1. The van der Waals surface area contributed by atoms with Crippen molar-refractivity contribution in [1.29, 1.82) is 0 Å². The zero-order valence-electron chi connectivity index (χ0n) is 9.25. The van der Waals surface area contributed by atoms with Crippen molar-refractivity contribution in [2.75, 3.05) is 7.05 Å². The lowest BCUT2D eigenvalue weighted by atomic mass is 10.1. The number of aryl methyl sites for hydroxylation is 1. The Kier molecular flexibility index (Phi) is 3.74. The van der Waals surface area contributed by atoms with E-state index in [-0.39, 0.29) is 0 Å². The molecule has 2 aromatic rings. The summed E-state index contributed by atoms with van der Waals surface area (Å²) >= 11 is 5.24. The summed E-state index contributed by atoms with van der Waals surface area (Å²) in [7, 11) is 1.94. The molecule has 0 amide bonds. The van der Waals surface area contributed by atoms with Crippen molar-refractivity contribution in [3.8, 4) is 11.3 Å². The van der Waals surface area contributed by atoms with Gasteiger partial charge in [-0.2, -0.15) is 0 Å². The number of halogens is 1. The van der Waals surface area contributed by atoms with Gasteiger partial charge in [0.05, 0.1) is 5.69 Å². The fourth-order valence-corrected chi connectivity index (χ4v) is 2.95. The van der Waals surface area contributed by atoms with Gasteiger partial charge in [-0.15, -0.1) is 11.3 Å². The molecule has 0 saturated heterocycles. The molecule has 84 valence electrons. The minimum Gasteiger partial charge on any atom is -0.314 e. The average molecular weight is 297 g/mol. The van der Waals surface area contributed by atoms with Crippen molar-refractivity contribution in [3.05, 3.63) is 38.6 Å². The van der Waals surface area contributed by atoms with Crippen LogP contribution in [0.1, 0.15) is 9.88 Å². The van der Waals surface area contributed by atoms with Crippen LogP contribution in [0.2, 0.25) is 0 Å². The third kappa shape index (κ3) is 2.51. The van der Waals surface area contributed by atoms with Crippen molar-refractivity contribution in [2.45, 2.75) is 13.5 Å². The van der Waals surface area contributed by atoms with Gasteiger partial charge in [0.15, 0.2) is 0 Å². The second-order valence-electron chi connectivity index (χ2n) is 3.55. The minimum absolute atomic E-state index is 0.833. The molecule has 0 fully saturated rings. The predicted octanol–water partition coefficient (Wildman–Crippen LogP) is 3.60. The molecule has 0 saturated carbocycles. The lowest BCUT2D eigenvalue weighted by Gasteiger charge is -1.99. The van der Waals surface area contributed by atoms with Crippen molar-refractivity contribution >= 4 is 27.3 Å². The number of rotatable bonds is 3. The van der Waals surface area contributed by atoms with Crippen molar-refractivity contribution in [2.24, 2.45) is 0 Å². The minimum atomic E-state index is 0.833. The molecule has 0 bridgehead atoms. The summed E-state index contributed by atoms with van der Waals surface area (Å²) in [4.78, 5) is 5.91. The van der Waals surface area contributed by atoms with Gasteiger partial charge in [0, 0.05) is 21.5 Å². The maximum atomic E-state index is 4.65. The molecule has 0 spiro atoms. The molecule has 0 aliphatic carbocycles. The van der Waals surface area contributed by atoms with E-state index in [1.54, 1.807) is 11.3 Å². The van der Waals surface area contributed by atoms with Crippen LogP contribution in [0.3, 0.4) is 0 Å². The SMILES string of the molecule is CNCc1nc(-c2cccc(Br)c2)c(C)s1. The molecule has 0 aliphatic rings. The van der Waals surface area contributed by atoms with Crippen molar-refractivity contribution in [3.63, 3.8) is 0 Å². The van der Waals surface area contributed by atoms with Crippen LogP contribution in [0.25, 0.3) is 11.3 Å². The lowest BCUT2D eigenvalue weighted by molar-refractivity contribution is 0.811. The van der Waals surface area contributed by atoms with Crippen LogP contribution < -0.4 is 5.32 Å². The molecule has 0 atom stereocenters. The highest BCUT2D eigenvalue weighted by Crippen LogP contribution is 2.29. The smallest absolute Gasteiger partial charge is 0.107 e. The molecule has 0 aliphatic heterocycles. The molecule has 2 nitrogen and oxygen atoms in total. The van der Waals surface area contributed by atoms with Gasteiger partial charge in [0.1, 0.15) is 5.01 Å². The Bertz CT molecular complexity index is 494. The van der Waals surface area contributed by atoms with Gasteiger partial charge < -0.3 is 5.32 Å². The first-order valence-electron chi connectivity index (χ1n) is 5.07. The van der Waals surface area contributed by atoms with E-state index in [2.05, 4.69) is 45.3 Å². The monoisotopic (exact) mass is 296 g/mol. The van der Waals surface area contributed by atoms with Gasteiger partial charge in [-0.25, -0.2) is 4.98 Å². The molecule has 0 radical (unpaired) electrons. The van der Waals surface area contributed by atoms with E-state index in [1.165, 1.54) is 10.4 Å². The summed E-state index contributed by atoms with van der Waals surface area (Å²) in [6.07, 6.45) is 0. The van der Waals surface area contributed by atoms with E-state index in [1.807, 2.05) is 19.2 Å². The summed E-state index contributed by atoms with van der Waals surface area (Å²) in [6.45, 7) is 2.95. The van der Waals surface area contributed by atoms with E-state index < -0.39 is 0 Å². The Hall–Kier alpha value is -0.710. The van der Waals surface area contributed by atoms with Gasteiger partial charge in [0.25, 0.3) is 0 Å². The molecule has 1 aromatic carbocycles. The zero-order valence-corrected chi connectivity index (χ0v) is 11.7. The van der Waals surface area contributed by atoms with Gasteiger partial charge >= 0.3 is 0 Å². The van der Waals surface area contributed by atoms with Crippen LogP contribution in [0.5, 0.6) is 0 Å². The van der Waals surface area contributed by atoms with Crippen molar-refractivity contribution in [1.82, 2.24) is 10.3 Å². The first-order valence-corrected chi connectivity index (χ1v) is 6.68. The molecular formula is C12H13BrN2S. The second kappa shape index (κ2) is 5.08. The largest absolute Gasteiger partial charge is 0.314 e. The van der Waals surface area contributed by atoms with Crippen LogP contribution in [-0.4, -0.2) is 12.0 Å². The Morgan fingerprint density at radius 2 is 2.25 bits per heavy atom. The maximum Gasteiger partial charge on any atom is 0.107 e. The third-order valence-electron chi connectivity index (χ3n) is 2.27. The van der Waals surface area contributed by atoms with Gasteiger partial charge in [0.2, 0.25) is 0 Å². The molecule has 1 heterocycles. The molecular weight excluding hydrogens is 284 g/mol. The van der Waals surface area contributed by atoms with Crippen LogP contribution in [0, 0.1) is 6.92 Å². The van der Waals surface area contributed by atoms with E-state index in [9.17, 15) is 0 Å². The molecule has 16 heavy (non-hydrogen) atoms. The Morgan fingerprint density at radius 3 is 2.94 bits per heavy atom. The number of thiazole rings is 1. The quantitative estimate of drug-likeness (QED) is 0.936. The Labute approximate surface area is 108 Å². The van der Waals surface area contributed by atoms with Gasteiger partial charge in [-0.3, -0.25) is 0 Å². The van der Waals surface area contributed by atoms with Crippen LogP contribution in [0.15, 0.2) is 28.7 Å². The summed E-state index contributed by atoms with van der Waals surface area (Å²) in [6, 6.07) is 8.26. The van der Waals surface area contributed by atoms with Gasteiger partial charge in [-0.05, 0) is 26.1 Å². The zero-order chi connectivity index (χ0) is 11.5. The van der Waals surface area contributed by atoms with Crippen LogP contribution in [0.4, 0.5) is 0 Å².